The Labute approximate surface area is 77.9 Å². The van der Waals surface area contributed by atoms with Crippen LogP contribution >= 0.6 is 0 Å². The largest absolute Gasteiger partial charge is 0.384 e. The van der Waals surface area contributed by atoms with Gasteiger partial charge in [-0.1, -0.05) is 0 Å². The number of rotatable bonds is 2. The van der Waals surface area contributed by atoms with Gasteiger partial charge in [0.1, 0.15) is 11.7 Å². The van der Waals surface area contributed by atoms with E-state index in [-0.39, 0.29) is 5.84 Å². The summed E-state index contributed by atoms with van der Waals surface area (Å²) in [5.41, 5.74) is 7.02. The number of nitrogen functional groups attached to an aromatic ring is 1. The first kappa shape index (κ1) is 9.51. The van der Waals surface area contributed by atoms with Crippen molar-refractivity contribution >= 4 is 11.7 Å². The zero-order chi connectivity index (χ0) is 10.0. The van der Waals surface area contributed by atoms with E-state index in [2.05, 4.69) is 4.98 Å². The topological polar surface area (TPSA) is 66.0 Å². The summed E-state index contributed by atoms with van der Waals surface area (Å²) in [6, 6.07) is 3.67. The van der Waals surface area contributed by atoms with Gasteiger partial charge in [-0.25, -0.2) is 4.98 Å². The van der Waals surface area contributed by atoms with E-state index in [0.717, 1.165) is 11.5 Å². The van der Waals surface area contributed by atoms with Gasteiger partial charge in [-0.15, -0.1) is 0 Å². The second kappa shape index (κ2) is 3.43. The minimum absolute atomic E-state index is 0.0520. The van der Waals surface area contributed by atoms with Crippen molar-refractivity contribution in [3.05, 3.63) is 23.4 Å². The lowest BCUT2D eigenvalue weighted by Gasteiger charge is -2.15. The standard InChI is InChI=1S/C9H14N4/c1-6-4-5-7(8(10)11)9(12-6)13(2)3/h4-5H,1-3H3,(H3,10,11). The molecular weight excluding hydrogens is 164 g/mol. The molecule has 4 heteroatoms. The normalized spacial score (nSPS) is 9.77. The lowest BCUT2D eigenvalue weighted by molar-refractivity contribution is 1.04. The van der Waals surface area contributed by atoms with E-state index >= 15 is 0 Å². The van der Waals surface area contributed by atoms with E-state index in [9.17, 15) is 0 Å². The van der Waals surface area contributed by atoms with Crippen LogP contribution in [0, 0.1) is 12.3 Å². The first-order chi connectivity index (χ1) is 6.02. The molecule has 1 rings (SSSR count). The first-order valence-corrected chi connectivity index (χ1v) is 4.01. The molecule has 0 bridgehead atoms. The van der Waals surface area contributed by atoms with E-state index in [1.807, 2.05) is 38.1 Å². The summed E-state index contributed by atoms with van der Waals surface area (Å²) < 4.78 is 0. The van der Waals surface area contributed by atoms with Gasteiger partial charge >= 0.3 is 0 Å². The van der Waals surface area contributed by atoms with Crippen LogP contribution in [0.5, 0.6) is 0 Å². The minimum atomic E-state index is 0.0520. The third kappa shape index (κ3) is 1.96. The molecule has 1 aromatic rings. The maximum atomic E-state index is 7.35. The highest BCUT2D eigenvalue weighted by Gasteiger charge is 2.08. The van der Waals surface area contributed by atoms with Crippen LogP contribution in [0.15, 0.2) is 12.1 Å². The van der Waals surface area contributed by atoms with E-state index in [1.165, 1.54) is 0 Å². The van der Waals surface area contributed by atoms with Gasteiger partial charge in [0.05, 0.1) is 5.56 Å². The Morgan fingerprint density at radius 3 is 2.54 bits per heavy atom. The number of aryl methyl sites for hydroxylation is 1. The molecule has 0 aliphatic carbocycles. The summed E-state index contributed by atoms with van der Waals surface area (Å²) >= 11 is 0. The van der Waals surface area contributed by atoms with Crippen molar-refractivity contribution in [3.8, 4) is 0 Å². The van der Waals surface area contributed by atoms with Crippen molar-refractivity contribution in [2.45, 2.75) is 6.92 Å². The molecule has 13 heavy (non-hydrogen) atoms. The van der Waals surface area contributed by atoms with Crippen LogP contribution in [0.25, 0.3) is 0 Å². The summed E-state index contributed by atoms with van der Waals surface area (Å²) in [6.45, 7) is 1.91. The lowest BCUT2D eigenvalue weighted by Crippen LogP contribution is -2.20. The van der Waals surface area contributed by atoms with Gasteiger partial charge in [0.25, 0.3) is 0 Å². The molecule has 0 unspecified atom stereocenters. The minimum Gasteiger partial charge on any atom is -0.384 e. The Hall–Kier alpha value is -1.58. The van der Waals surface area contributed by atoms with Gasteiger partial charge < -0.3 is 10.6 Å². The molecule has 0 amide bonds. The highest BCUT2D eigenvalue weighted by molar-refractivity contribution is 5.99. The summed E-state index contributed by atoms with van der Waals surface area (Å²) in [4.78, 5) is 6.15. The van der Waals surface area contributed by atoms with Crippen LogP contribution in [0.3, 0.4) is 0 Å². The molecule has 1 aromatic heterocycles. The van der Waals surface area contributed by atoms with Gasteiger partial charge in [0, 0.05) is 19.8 Å². The Morgan fingerprint density at radius 2 is 2.08 bits per heavy atom. The summed E-state index contributed by atoms with van der Waals surface area (Å²) in [5, 5.41) is 7.35. The number of nitrogens with zero attached hydrogens (tertiary/aromatic N) is 2. The number of hydrogen-bond donors (Lipinski definition) is 2. The van der Waals surface area contributed by atoms with Crippen molar-refractivity contribution in [2.24, 2.45) is 5.73 Å². The molecule has 0 aliphatic heterocycles. The molecule has 3 N–H and O–H groups in total. The van der Waals surface area contributed by atoms with Gasteiger partial charge in [-0.05, 0) is 19.1 Å². The molecule has 0 fully saturated rings. The Bertz CT molecular complexity index is 330. The first-order valence-electron chi connectivity index (χ1n) is 4.01. The number of aromatic nitrogens is 1. The number of anilines is 1. The van der Waals surface area contributed by atoms with Crippen LogP contribution in [-0.4, -0.2) is 24.9 Å². The molecular formula is C9H14N4. The molecule has 0 saturated carbocycles. The molecule has 0 saturated heterocycles. The quantitative estimate of drug-likeness (QED) is 0.518. The van der Waals surface area contributed by atoms with Gasteiger partial charge in [-0.2, -0.15) is 0 Å². The van der Waals surface area contributed by atoms with Crippen molar-refractivity contribution in [2.75, 3.05) is 19.0 Å². The second-order valence-electron chi connectivity index (χ2n) is 3.13. The average molecular weight is 178 g/mol. The van der Waals surface area contributed by atoms with Crippen LogP contribution in [-0.2, 0) is 0 Å². The predicted octanol–water partition coefficient (Wildman–Crippen LogP) is 0.740. The number of pyridine rings is 1. The maximum absolute atomic E-state index is 7.35. The van der Waals surface area contributed by atoms with E-state index in [1.54, 1.807) is 0 Å². The fraction of sp³-hybridized carbons (Fsp3) is 0.333. The smallest absolute Gasteiger partial charge is 0.139 e. The fourth-order valence-electron chi connectivity index (χ4n) is 1.09. The van der Waals surface area contributed by atoms with Crippen molar-refractivity contribution < 1.29 is 0 Å². The fourth-order valence-corrected chi connectivity index (χ4v) is 1.09. The van der Waals surface area contributed by atoms with Crippen molar-refractivity contribution in [1.29, 1.82) is 5.41 Å². The second-order valence-corrected chi connectivity index (χ2v) is 3.13. The van der Waals surface area contributed by atoms with Crippen LogP contribution in [0.4, 0.5) is 5.82 Å². The zero-order valence-corrected chi connectivity index (χ0v) is 8.13. The molecule has 0 aliphatic rings. The Morgan fingerprint density at radius 1 is 1.46 bits per heavy atom. The number of amidine groups is 1. The number of nitrogens with one attached hydrogen (secondary N) is 1. The molecule has 0 spiro atoms. The molecule has 0 radical (unpaired) electrons. The van der Waals surface area contributed by atoms with Crippen LogP contribution in [0.1, 0.15) is 11.3 Å². The number of hydrogen-bond acceptors (Lipinski definition) is 3. The maximum Gasteiger partial charge on any atom is 0.139 e. The number of nitrogens with two attached hydrogens (primary N) is 1. The zero-order valence-electron chi connectivity index (χ0n) is 8.13. The van der Waals surface area contributed by atoms with Crippen LogP contribution in [0.2, 0.25) is 0 Å². The highest BCUT2D eigenvalue weighted by atomic mass is 15.1. The summed E-state index contributed by atoms with van der Waals surface area (Å²) in [5.74, 6) is 0.795. The molecule has 0 atom stereocenters. The molecule has 0 aromatic carbocycles. The van der Waals surface area contributed by atoms with Gasteiger partial charge in [-0.3, -0.25) is 5.41 Å². The van der Waals surface area contributed by atoms with E-state index in [4.69, 9.17) is 11.1 Å². The molecule has 1 heterocycles. The van der Waals surface area contributed by atoms with Gasteiger partial charge in [0.2, 0.25) is 0 Å². The van der Waals surface area contributed by atoms with E-state index < -0.39 is 0 Å². The Balaban J connectivity index is 3.26. The average Bonchev–Trinajstić information content (AvgIpc) is 2.03. The van der Waals surface area contributed by atoms with Crippen molar-refractivity contribution in [3.63, 3.8) is 0 Å². The SMILES string of the molecule is Cc1ccc(C(=N)N)c(N(C)C)n1. The monoisotopic (exact) mass is 178 g/mol. The van der Waals surface area contributed by atoms with Crippen LogP contribution < -0.4 is 10.6 Å². The third-order valence-corrected chi connectivity index (χ3v) is 1.73. The third-order valence-electron chi connectivity index (χ3n) is 1.73. The highest BCUT2D eigenvalue weighted by Crippen LogP contribution is 2.14. The van der Waals surface area contributed by atoms with E-state index in [0.29, 0.717) is 5.56 Å². The van der Waals surface area contributed by atoms with Gasteiger partial charge in [0.15, 0.2) is 0 Å². The predicted molar refractivity (Wildman–Crippen MR) is 54.3 cm³/mol. The molecule has 4 nitrogen and oxygen atoms in total. The van der Waals surface area contributed by atoms with Crippen molar-refractivity contribution in [1.82, 2.24) is 4.98 Å². The Kier molecular flexibility index (Phi) is 2.51. The molecule has 70 valence electrons. The summed E-state index contributed by atoms with van der Waals surface area (Å²) in [6.07, 6.45) is 0. The summed E-state index contributed by atoms with van der Waals surface area (Å²) in [7, 11) is 3.77. The lowest BCUT2D eigenvalue weighted by atomic mass is 10.2.